The molecule has 1 unspecified atom stereocenters. The minimum absolute atomic E-state index is 0.328. The van der Waals surface area contributed by atoms with Gasteiger partial charge >= 0.3 is 0 Å². The zero-order chi connectivity index (χ0) is 18.9. The number of piperazine rings is 1. The van der Waals surface area contributed by atoms with Gasteiger partial charge in [-0.05, 0) is 31.2 Å². The summed E-state index contributed by atoms with van der Waals surface area (Å²) >= 11 is 1.80. The lowest BCUT2D eigenvalue weighted by atomic mass is 10.2. The summed E-state index contributed by atoms with van der Waals surface area (Å²) in [7, 11) is 0. The molecule has 142 valence electrons. The van der Waals surface area contributed by atoms with Crippen molar-refractivity contribution in [3.05, 3.63) is 60.1 Å². The average molecular weight is 392 g/mol. The number of aromatic nitrogens is 5. The van der Waals surface area contributed by atoms with Crippen LogP contribution < -0.4 is 4.90 Å². The first kappa shape index (κ1) is 17.3. The van der Waals surface area contributed by atoms with Gasteiger partial charge in [-0.3, -0.25) is 9.47 Å². The molecule has 0 spiro atoms. The molecule has 0 saturated carbocycles. The smallest absolute Gasteiger partial charge is 0.160 e. The van der Waals surface area contributed by atoms with E-state index in [9.17, 15) is 0 Å². The molecule has 0 amide bonds. The van der Waals surface area contributed by atoms with Crippen molar-refractivity contribution in [1.29, 1.82) is 0 Å². The Bertz CT molecular complexity index is 1020. The maximum Gasteiger partial charge on any atom is 0.160 e. The van der Waals surface area contributed by atoms with E-state index in [4.69, 9.17) is 4.98 Å². The standard InChI is InChI=1S/C20H21N7S/c1-15(20-22-16-4-2-3-5-17(16)28-20)25-10-12-26(13-11-25)18-6-7-19(24-23-18)27-9-8-21-14-27/h2-9,14-15H,10-13H2,1H3. The second-order valence-electron chi connectivity index (χ2n) is 6.94. The van der Waals surface area contributed by atoms with E-state index < -0.39 is 0 Å². The number of nitrogens with zero attached hydrogens (tertiary/aromatic N) is 7. The van der Waals surface area contributed by atoms with Gasteiger partial charge in [0.15, 0.2) is 11.6 Å². The molecule has 5 rings (SSSR count). The highest BCUT2D eigenvalue weighted by molar-refractivity contribution is 7.18. The van der Waals surface area contributed by atoms with Crippen LogP contribution in [0, 0.1) is 0 Å². The molecule has 4 heterocycles. The second kappa shape index (κ2) is 7.29. The zero-order valence-electron chi connectivity index (χ0n) is 15.6. The summed E-state index contributed by atoms with van der Waals surface area (Å²) in [5.41, 5.74) is 1.10. The van der Waals surface area contributed by atoms with Crippen LogP contribution >= 0.6 is 11.3 Å². The highest BCUT2D eigenvalue weighted by Gasteiger charge is 2.25. The minimum Gasteiger partial charge on any atom is -0.353 e. The summed E-state index contributed by atoms with van der Waals surface area (Å²) in [6.07, 6.45) is 5.33. The van der Waals surface area contributed by atoms with Crippen molar-refractivity contribution >= 4 is 27.4 Å². The Morgan fingerprint density at radius 2 is 1.75 bits per heavy atom. The molecule has 0 radical (unpaired) electrons. The van der Waals surface area contributed by atoms with Gasteiger partial charge in [0, 0.05) is 38.6 Å². The molecule has 0 N–H and O–H groups in total. The predicted molar refractivity (Wildman–Crippen MR) is 111 cm³/mol. The van der Waals surface area contributed by atoms with E-state index in [1.807, 2.05) is 29.0 Å². The number of fused-ring (bicyclic) bond motifs is 1. The number of anilines is 1. The average Bonchev–Trinajstić information content (AvgIpc) is 3.43. The topological polar surface area (TPSA) is 63.0 Å². The van der Waals surface area contributed by atoms with E-state index in [0.717, 1.165) is 43.3 Å². The van der Waals surface area contributed by atoms with Gasteiger partial charge in [-0.2, -0.15) is 0 Å². The number of hydrogen-bond acceptors (Lipinski definition) is 7. The molecule has 0 bridgehead atoms. The van der Waals surface area contributed by atoms with Crippen molar-refractivity contribution in [3.63, 3.8) is 0 Å². The van der Waals surface area contributed by atoms with Gasteiger partial charge in [0.25, 0.3) is 0 Å². The molecule has 1 aliphatic heterocycles. The van der Waals surface area contributed by atoms with E-state index >= 15 is 0 Å². The van der Waals surface area contributed by atoms with Gasteiger partial charge in [0.1, 0.15) is 11.3 Å². The molecule has 1 aromatic carbocycles. The first-order valence-corrected chi connectivity index (χ1v) is 10.3. The minimum atomic E-state index is 0.328. The van der Waals surface area contributed by atoms with E-state index in [0.29, 0.717) is 6.04 Å². The summed E-state index contributed by atoms with van der Waals surface area (Å²) in [4.78, 5) is 13.7. The molecule has 28 heavy (non-hydrogen) atoms. The van der Waals surface area contributed by atoms with Crippen LogP contribution in [0.1, 0.15) is 18.0 Å². The first-order chi connectivity index (χ1) is 13.8. The molecular weight excluding hydrogens is 370 g/mol. The fraction of sp³-hybridized carbons (Fsp3) is 0.300. The second-order valence-corrected chi connectivity index (χ2v) is 8.00. The fourth-order valence-corrected chi connectivity index (χ4v) is 4.64. The Hall–Kier alpha value is -2.84. The van der Waals surface area contributed by atoms with Gasteiger partial charge in [-0.1, -0.05) is 12.1 Å². The normalized spacial score (nSPS) is 16.5. The Balaban J connectivity index is 1.24. The third-order valence-electron chi connectivity index (χ3n) is 5.26. The van der Waals surface area contributed by atoms with E-state index in [-0.39, 0.29) is 0 Å². The van der Waals surface area contributed by atoms with E-state index in [1.165, 1.54) is 9.71 Å². The van der Waals surface area contributed by atoms with Crippen LogP contribution in [0.2, 0.25) is 0 Å². The Morgan fingerprint density at radius 3 is 2.46 bits per heavy atom. The third kappa shape index (κ3) is 3.25. The highest BCUT2D eigenvalue weighted by atomic mass is 32.1. The van der Waals surface area contributed by atoms with Crippen LogP contribution in [0.5, 0.6) is 0 Å². The lowest BCUT2D eigenvalue weighted by Crippen LogP contribution is -2.47. The Kier molecular flexibility index (Phi) is 4.50. The molecule has 8 heteroatoms. The number of benzene rings is 1. The van der Waals surface area contributed by atoms with Crippen molar-refractivity contribution in [2.75, 3.05) is 31.1 Å². The number of thiazole rings is 1. The van der Waals surface area contributed by atoms with Gasteiger partial charge in [0.2, 0.25) is 0 Å². The van der Waals surface area contributed by atoms with Gasteiger partial charge in [-0.15, -0.1) is 21.5 Å². The SMILES string of the molecule is CC(c1nc2ccccc2s1)N1CCN(c2ccc(-n3ccnc3)nn2)CC1. The van der Waals surface area contributed by atoms with Crippen LogP contribution in [0.3, 0.4) is 0 Å². The number of hydrogen-bond donors (Lipinski definition) is 0. The molecular formula is C20H21N7S. The summed E-state index contributed by atoms with van der Waals surface area (Å²) < 4.78 is 3.12. The van der Waals surface area contributed by atoms with Gasteiger partial charge in [-0.25, -0.2) is 9.97 Å². The van der Waals surface area contributed by atoms with Crippen molar-refractivity contribution in [3.8, 4) is 5.82 Å². The van der Waals surface area contributed by atoms with Crippen LogP contribution in [0.15, 0.2) is 55.1 Å². The van der Waals surface area contributed by atoms with E-state index in [2.05, 4.69) is 50.1 Å². The largest absolute Gasteiger partial charge is 0.353 e. The summed E-state index contributed by atoms with van der Waals surface area (Å²) in [6, 6.07) is 12.7. The monoisotopic (exact) mass is 391 g/mol. The van der Waals surface area contributed by atoms with Crippen molar-refractivity contribution < 1.29 is 0 Å². The van der Waals surface area contributed by atoms with Crippen LogP contribution in [0.4, 0.5) is 5.82 Å². The molecule has 3 aromatic heterocycles. The van der Waals surface area contributed by atoms with Crippen LogP contribution in [0.25, 0.3) is 16.0 Å². The summed E-state index contributed by atoms with van der Waals surface area (Å²) in [5, 5.41) is 9.94. The zero-order valence-corrected chi connectivity index (χ0v) is 16.5. The van der Waals surface area contributed by atoms with Crippen LogP contribution in [-0.2, 0) is 0 Å². The summed E-state index contributed by atoms with van der Waals surface area (Å²) in [5.74, 6) is 1.71. The molecule has 0 aliphatic carbocycles. The summed E-state index contributed by atoms with van der Waals surface area (Å²) in [6.45, 7) is 6.11. The van der Waals surface area contributed by atoms with Crippen molar-refractivity contribution in [1.82, 2.24) is 29.6 Å². The quantitative estimate of drug-likeness (QED) is 0.533. The number of imidazole rings is 1. The Labute approximate surface area is 167 Å². The van der Waals surface area contributed by atoms with Crippen molar-refractivity contribution in [2.24, 2.45) is 0 Å². The maximum absolute atomic E-state index is 4.83. The van der Waals surface area contributed by atoms with Gasteiger partial charge in [0.05, 0.1) is 16.3 Å². The Morgan fingerprint density at radius 1 is 0.964 bits per heavy atom. The molecule has 1 fully saturated rings. The third-order valence-corrected chi connectivity index (χ3v) is 6.47. The van der Waals surface area contributed by atoms with Crippen molar-refractivity contribution in [2.45, 2.75) is 13.0 Å². The molecule has 4 aromatic rings. The lowest BCUT2D eigenvalue weighted by molar-refractivity contribution is 0.198. The predicted octanol–water partition coefficient (Wildman–Crippen LogP) is 3.16. The van der Waals surface area contributed by atoms with Gasteiger partial charge < -0.3 is 4.90 Å². The highest BCUT2D eigenvalue weighted by Crippen LogP contribution is 2.30. The fourth-order valence-electron chi connectivity index (χ4n) is 3.58. The maximum atomic E-state index is 4.83. The van der Waals surface area contributed by atoms with Crippen LogP contribution in [-0.4, -0.2) is 55.8 Å². The molecule has 1 aliphatic rings. The number of para-hydroxylation sites is 1. The first-order valence-electron chi connectivity index (χ1n) is 9.44. The molecule has 1 atom stereocenters. The molecule has 7 nitrogen and oxygen atoms in total. The number of rotatable bonds is 4. The lowest BCUT2D eigenvalue weighted by Gasteiger charge is -2.37. The molecule has 1 saturated heterocycles. The van der Waals surface area contributed by atoms with E-state index in [1.54, 1.807) is 23.9 Å².